The first-order valence-corrected chi connectivity index (χ1v) is 16.1. The molecule has 0 radical (unpaired) electrons. The van der Waals surface area contributed by atoms with Crippen LogP contribution in [-0.4, -0.2) is 43.4 Å². The molecule has 1 aliphatic rings. The van der Waals surface area contributed by atoms with Crippen LogP contribution in [-0.2, 0) is 14.3 Å². The average Bonchev–Trinajstić information content (AvgIpc) is 3.59. The van der Waals surface area contributed by atoms with Crippen LogP contribution >= 0.6 is 27.3 Å². The molecule has 240 valence electrons. The molecule has 5 rings (SSSR count). The summed E-state index contributed by atoms with van der Waals surface area (Å²) in [6, 6.07) is 11.5. The third kappa shape index (κ3) is 6.32. The van der Waals surface area contributed by atoms with Crippen molar-refractivity contribution in [2.24, 2.45) is 4.99 Å². The van der Waals surface area contributed by atoms with Crippen LogP contribution in [0.25, 0.3) is 17.4 Å². The molecular weight excluding hydrogens is 676 g/mol. The first-order valence-electron chi connectivity index (χ1n) is 14.5. The maximum Gasteiger partial charge on any atom is 0.338 e. The van der Waals surface area contributed by atoms with Gasteiger partial charge in [0.15, 0.2) is 16.3 Å². The highest BCUT2D eigenvalue weighted by atomic mass is 79.9. The number of rotatable bonds is 9. The van der Waals surface area contributed by atoms with E-state index in [-0.39, 0.29) is 29.8 Å². The van der Waals surface area contributed by atoms with Gasteiger partial charge in [0.2, 0.25) is 0 Å². The van der Waals surface area contributed by atoms with E-state index >= 15 is 0 Å². The molecule has 0 aliphatic carbocycles. The number of esters is 2. The number of thiazole rings is 1. The number of hydrogen-bond acceptors (Lipinski definition) is 10. The van der Waals surface area contributed by atoms with Crippen molar-refractivity contribution in [3.63, 3.8) is 0 Å². The second kappa shape index (κ2) is 13.5. The molecule has 2 aromatic carbocycles. The Kier molecular flexibility index (Phi) is 9.68. The molecule has 46 heavy (non-hydrogen) atoms. The first kappa shape index (κ1) is 33.0. The number of hydrogen-bond donors (Lipinski definition) is 0. The minimum atomic E-state index is -0.859. The summed E-state index contributed by atoms with van der Waals surface area (Å²) in [5, 5.41) is 0. The Balaban J connectivity index is 1.60. The number of allylic oxidation sites excluding steroid dienone is 1. The van der Waals surface area contributed by atoms with Gasteiger partial charge in [-0.25, -0.2) is 14.6 Å². The number of carbonyl (C=O) groups is 2. The lowest BCUT2D eigenvalue weighted by Crippen LogP contribution is -2.40. The predicted molar refractivity (Wildman–Crippen MR) is 177 cm³/mol. The summed E-state index contributed by atoms with van der Waals surface area (Å²) in [5.41, 5.74) is 3.01. The Morgan fingerprint density at radius 1 is 1.07 bits per heavy atom. The van der Waals surface area contributed by atoms with Gasteiger partial charge in [-0.05, 0) is 82.1 Å². The minimum Gasteiger partial charge on any atom is -0.493 e. The van der Waals surface area contributed by atoms with Crippen LogP contribution in [0, 0.1) is 6.92 Å². The van der Waals surface area contributed by atoms with Gasteiger partial charge >= 0.3 is 11.9 Å². The number of halogens is 1. The molecule has 10 nitrogen and oxygen atoms in total. The van der Waals surface area contributed by atoms with Gasteiger partial charge in [-0.1, -0.05) is 33.3 Å². The molecule has 0 bridgehead atoms. The van der Waals surface area contributed by atoms with Crippen LogP contribution in [0.2, 0.25) is 0 Å². The number of fused-ring (bicyclic) bond motifs is 1. The summed E-state index contributed by atoms with van der Waals surface area (Å²) in [7, 11) is 3.05. The van der Waals surface area contributed by atoms with Crippen molar-refractivity contribution in [1.82, 2.24) is 4.57 Å². The van der Waals surface area contributed by atoms with Crippen molar-refractivity contribution in [1.29, 1.82) is 0 Å². The van der Waals surface area contributed by atoms with Gasteiger partial charge in [-0.2, -0.15) is 0 Å². The number of benzene rings is 2. The van der Waals surface area contributed by atoms with E-state index in [1.807, 2.05) is 19.1 Å². The van der Waals surface area contributed by atoms with Gasteiger partial charge in [-0.15, -0.1) is 0 Å². The Morgan fingerprint density at radius 3 is 2.43 bits per heavy atom. The monoisotopic (exact) mass is 708 g/mol. The fraction of sp³-hybridized carbons (Fsp3) is 0.294. The quantitative estimate of drug-likeness (QED) is 0.203. The summed E-state index contributed by atoms with van der Waals surface area (Å²) in [4.78, 5) is 44.8. The lowest BCUT2D eigenvalue weighted by Gasteiger charge is -2.26. The van der Waals surface area contributed by atoms with E-state index in [2.05, 4.69) is 20.9 Å². The number of methoxy groups -OCH3 is 2. The van der Waals surface area contributed by atoms with Crippen LogP contribution in [0.5, 0.6) is 11.5 Å². The van der Waals surface area contributed by atoms with Crippen molar-refractivity contribution in [2.75, 3.05) is 20.8 Å². The molecule has 3 heterocycles. The highest BCUT2D eigenvalue weighted by molar-refractivity contribution is 9.10. The van der Waals surface area contributed by atoms with E-state index < -0.39 is 12.0 Å². The Bertz CT molecular complexity index is 2050. The second-order valence-electron chi connectivity index (χ2n) is 10.7. The van der Waals surface area contributed by atoms with Crippen molar-refractivity contribution in [3.05, 3.63) is 100 Å². The summed E-state index contributed by atoms with van der Waals surface area (Å²) < 4.78 is 30.3. The molecular formula is C34H33BrN2O8S. The zero-order valence-electron chi connectivity index (χ0n) is 26.4. The smallest absolute Gasteiger partial charge is 0.338 e. The Morgan fingerprint density at radius 2 is 1.78 bits per heavy atom. The van der Waals surface area contributed by atoms with E-state index in [1.54, 1.807) is 64.1 Å². The fourth-order valence-corrected chi connectivity index (χ4v) is 6.78. The number of aromatic nitrogens is 1. The Labute approximate surface area is 277 Å². The normalized spacial score (nSPS) is 14.6. The maximum atomic E-state index is 14.1. The lowest BCUT2D eigenvalue weighted by atomic mass is 9.95. The molecule has 0 spiro atoms. The van der Waals surface area contributed by atoms with Gasteiger partial charge in [0.05, 0.1) is 54.3 Å². The molecule has 0 N–H and O–H groups in total. The van der Waals surface area contributed by atoms with Crippen molar-refractivity contribution in [2.45, 2.75) is 46.8 Å². The van der Waals surface area contributed by atoms with Crippen molar-refractivity contribution < 1.29 is 33.0 Å². The molecule has 0 amide bonds. The van der Waals surface area contributed by atoms with E-state index in [0.717, 1.165) is 11.1 Å². The van der Waals surface area contributed by atoms with Crippen LogP contribution < -0.4 is 24.4 Å². The van der Waals surface area contributed by atoms with Crippen LogP contribution in [0.4, 0.5) is 0 Å². The predicted octanol–water partition coefficient (Wildman–Crippen LogP) is 5.71. The van der Waals surface area contributed by atoms with E-state index in [4.69, 9.17) is 23.4 Å². The van der Waals surface area contributed by atoms with E-state index in [9.17, 15) is 14.4 Å². The molecule has 4 aromatic rings. The molecule has 0 saturated carbocycles. The summed E-state index contributed by atoms with van der Waals surface area (Å²) in [5.74, 6) is 0.988. The zero-order valence-corrected chi connectivity index (χ0v) is 28.8. The van der Waals surface area contributed by atoms with Gasteiger partial charge in [-0.3, -0.25) is 9.36 Å². The van der Waals surface area contributed by atoms with Gasteiger partial charge < -0.3 is 23.4 Å². The molecule has 2 aromatic heterocycles. The lowest BCUT2D eigenvalue weighted by molar-refractivity contribution is -0.139. The second-order valence-corrected chi connectivity index (χ2v) is 12.6. The minimum absolute atomic E-state index is 0.158. The van der Waals surface area contributed by atoms with Crippen LogP contribution in [0.3, 0.4) is 0 Å². The number of furan rings is 1. The number of nitrogens with zero attached hydrogens (tertiary/aromatic N) is 2. The summed E-state index contributed by atoms with van der Waals surface area (Å²) in [6.07, 6.45) is 1.43. The third-order valence-corrected chi connectivity index (χ3v) is 8.95. The molecule has 0 fully saturated rings. The molecule has 12 heteroatoms. The van der Waals surface area contributed by atoms with Crippen LogP contribution in [0.15, 0.2) is 72.4 Å². The number of aryl methyl sites for hydroxylation is 1. The van der Waals surface area contributed by atoms with Gasteiger partial charge in [0, 0.05) is 16.1 Å². The van der Waals surface area contributed by atoms with Crippen LogP contribution in [0.1, 0.15) is 61.0 Å². The largest absolute Gasteiger partial charge is 0.493 e. The Hall–Kier alpha value is -4.42. The molecule has 0 saturated heterocycles. The van der Waals surface area contributed by atoms with Crippen molar-refractivity contribution in [3.8, 4) is 22.8 Å². The molecule has 1 aliphatic heterocycles. The van der Waals surface area contributed by atoms with Gasteiger partial charge in [0.25, 0.3) is 5.56 Å². The average molecular weight is 710 g/mol. The SMILES string of the molecule is CCOC(=O)C1=C(C)N=c2s/c(=C/c3ccc(-c4ccc(C(=O)OC(C)C)cc4C)o3)c(=O)n2[C@H]1c1cc(OC)c(OC)cc1Br. The third-order valence-electron chi connectivity index (χ3n) is 7.28. The topological polar surface area (TPSA) is 119 Å². The highest BCUT2D eigenvalue weighted by Crippen LogP contribution is 2.41. The summed E-state index contributed by atoms with van der Waals surface area (Å²) >= 11 is 4.80. The van der Waals surface area contributed by atoms with Crippen molar-refractivity contribution >= 4 is 45.3 Å². The zero-order chi connectivity index (χ0) is 33.3. The molecule has 0 unspecified atom stereocenters. The van der Waals surface area contributed by atoms with E-state index in [1.165, 1.54) is 30.1 Å². The maximum absolute atomic E-state index is 14.1. The first-order chi connectivity index (χ1) is 22.0. The van der Waals surface area contributed by atoms with E-state index in [0.29, 0.717) is 53.6 Å². The summed E-state index contributed by atoms with van der Waals surface area (Å²) in [6.45, 7) is 9.09. The number of ether oxygens (including phenoxy) is 4. The fourth-order valence-electron chi connectivity index (χ4n) is 5.22. The number of carbonyl (C=O) groups excluding carboxylic acids is 2. The van der Waals surface area contributed by atoms with Gasteiger partial charge in [0.1, 0.15) is 11.5 Å². The standard InChI is InChI=1S/C34H33BrN2O8S/c1-8-43-33(40)29-19(5)36-34-37(30(29)23-15-26(41-6)27(42-7)16-24(23)35)31(38)28(46-34)14-21-10-12-25(45-21)22-11-9-20(13-18(22)4)32(39)44-17(2)3/h9-17,30H,8H2,1-7H3/b28-14+/t30-/m0/s1. The highest BCUT2D eigenvalue weighted by Gasteiger charge is 2.35. The molecule has 1 atom stereocenters.